The highest BCUT2D eigenvalue weighted by Crippen LogP contribution is 2.66. The summed E-state index contributed by atoms with van der Waals surface area (Å²) in [5.74, 6) is 1.48. The van der Waals surface area contributed by atoms with Crippen LogP contribution in [0, 0.1) is 28.6 Å². The third-order valence-electron chi connectivity index (χ3n) is 8.71. The number of nitrogens with zero attached hydrogens (tertiary/aromatic N) is 1. The number of rotatable bonds is 3. The standard InChI is InChI=1S/C23H33NO4/c1-21-10-7-16(24-28-14-20(25)27-4)13-15(21)5-6-17-18(21)8-11-22(2)19(17)9-12-23(22,3)26/h7,10,13,17-19,26H,5-6,8-9,11-12,14H2,1-4H3/b24-16-/t17-,18+,19+,21+,22+,23+/m1/s1. The minimum absolute atomic E-state index is 0.0540. The molecule has 5 heteroatoms. The molecule has 0 heterocycles. The maximum absolute atomic E-state index is 11.2. The average Bonchev–Trinajstić information content (AvgIpc) is 2.91. The lowest BCUT2D eigenvalue weighted by Gasteiger charge is -2.58. The Hall–Kier alpha value is -1.62. The summed E-state index contributed by atoms with van der Waals surface area (Å²) in [4.78, 5) is 16.3. The molecule has 0 amide bonds. The van der Waals surface area contributed by atoms with Crippen LogP contribution in [0.15, 0.2) is 29.0 Å². The van der Waals surface area contributed by atoms with Gasteiger partial charge in [0.2, 0.25) is 6.61 Å². The van der Waals surface area contributed by atoms with Crippen LogP contribution < -0.4 is 0 Å². The van der Waals surface area contributed by atoms with Crippen LogP contribution >= 0.6 is 0 Å². The van der Waals surface area contributed by atoms with E-state index in [2.05, 4.69) is 42.8 Å². The lowest BCUT2D eigenvalue weighted by atomic mass is 9.47. The molecule has 5 nitrogen and oxygen atoms in total. The summed E-state index contributed by atoms with van der Waals surface area (Å²) in [6, 6.07) is 0. The SMILES string of the molecule is COC(=O)CO/N=C1/C=C[C@@]2(C)C(=C1)CC[C@@H]1[C@@H]2CC[C@@]2(C)[C@H]1CC[C@]2(C)O. The van der Waals surface area contributed by atoms with Gasteiger partial charge in [-0.1, -0.05) is 30.7 Å². The average molecular weight is 388 g/mol. The first-order valence-electron chi connectivity index (χ1n) is 10.6. The molecule has 4 rings (SSSR count). The fourth-order valence-corrected chi connectivity index (χ4v) is 6.73. The zero-order valence-corrected chi connectivity index (χ0v) is 17.5. The van der Waals surface area contributed by atoms with Gasteiger partial charge in [-0.05, 0) is 80.8 Å². The van der Waals surface area contributed by atoms with Crippen LogP contribution in [0.5, 0.6) is 0 Å². The summed E-state index contributed by atoms with van der Waals surface area (Å²) >= 11 is 0. The Bertz CT molecular complexity index is 752. The number of oxime groups is 1. The van der Waals surface area contributed by atoms with Crippen molar-refractivity contribution in [3.63, 3.8) is 0 Å². The van der Waals surface area contributed by atoms with Crippen LogP contribution in [0.1, 0.15) is 59.3 Å². The van der Waals surface area contributed by atoms with Gasteiger partial charge in [0.1, 0.15) is 5.71 Å². The minimum Gasteiger partial charge on any atom is -0.466 e. The van der Waals surface area contributed by atoms with Gasteiger partial charge in [0, 0.05) is 5.41 Å². The number of ether oxygens (including phenoxy) is 1. The van der Waals surface area contributed by atoms with Gasteiger partial charge in [0.05, 0.1) is 12.7 Å². The highest BCUT2D eigenvalue weighted by Gasteiger charge is 2.61. The predicted octanol–water partition coefficient (Wildman–Crippen LogP) is 4.02. The highest BCUT2D eigenvalue weighted by atomic mass is 16.6. The van der Waals surface area contributed by atoms with Crippen molar-refractivity contribution in [2.75, 3.05) is 13.7 Å². The molecule has 28 heavy (non-hydrogen) atoms. The van der Waals surface area contributed by atoms with Gasteiger partial charge in [0.15, 0.2) is 0 Å². The number of aliphatic hydroxyl groups is 1. The number of carbonyl (C=O) groups is 1. The molecule has 0 saturated heterocycles. The van der Waals surface area contributed by atoms with Crippen LogP contribution in [0.4, 0.5) is 0 Å². The van der Waals surface area contributed by atoms with Crippen molar-refractivity contribution >= 4 is 11.7 Å². The van der Waals surface area contributed by atoms with Crippen molar-refractivity contribution in [3.05, 3.63) is 23.8 Å². The van der Waals surface area contributed by atoms with Crippen molar-refractivity contribution in [3.8, 4) is 0 Å². The Kier molecular flexibility index (Phi) is 4.72. The Morgan fingerprint density at radius 3 is 2.71 bits per heavy atom. The molecule has 1 N–H and O–H groups in total. The number of allylic oxidation sites excluding steroid dienone is 4. The number of fused-ring (bicyclic) bond motifs is 5. The number of hydrogen-bond acceptors (Lipinski definition) is 5. The van der Waals surface area contributed by atoms with Gasteiger partial charge in [-0.15, -0.1) is 0 Å². The van der Waals surface area contributed by atoms with Gasteiger partial charge in [-0.25, -0.2) is 4.79 Å². The smallest absolute Gasteiger partial charge is 0.346 e. The zero-order chi connectivity index (χ0) is 20.2. The molecule has 0 aliphatic heterocycles. The molecule has 0 bridgehead atoms. The van der Waals surface area contributed by atoms with E-state index in [1.807, 2.05) is 6.08 Å². The molecule has 3 fully saturated rings. The van der Waals surface area contributed by atoms with E-state index in [0.29, 0.717) is 17.8 Å². The van der Waals surface area contributed by atoms with E-state index in [1.165, 1.54) is 19.1 Å². The molecule has 4 aliphatic carbocycles. The van der Waals surface area contributed by atoms with Crippen molar-refractivity contribution in [2.45, 2.75) is 64.9 Å². The van der Waals surface area contributed by atoms with E-state index < -0.39 is 11.6 Å². The van der Waals surface area contributed by atoms with Gasteiger partial charge < -0.3 is 14.7 Å². The summed E-state index contributed by atoms with van der Waals surface area (Å²) in [7, 11) is 1.34. The summed E-state index contributed by atoms with van der Waals surface area (Å²) in [6.07, 6.45) is 13.1. The third kappa shape index (κ3) is 2.85. The van der Waals surface area contributed by atoms with E-state index >= 15 is 0 Å². The molecule has 0 spiro atoms. The topological polar surface area (TPSA) is 68.1 Å². The second kappa shape index (κ2) is 6.72. The Labute approximate surface area is 167 Å². The van der Waals surface area contributed by atoms with Crippen molar-refractivity contribution in [1.82, 2.24) is 0 Å². The lowest BCUT2D eigenvalue weighted by Crippen LogP contribution is -2.53. The zero-order valence-electron chi connectivity index (χ0n) is 17.5. The molecule has 0 aromatic heterocycles. The second-order valence-corrected chi connectivity index (χ2v) is 9.84. The molecule has 4 aliphatic rings. The molecule has 0 aromatic rings. The van der Waals surface area contributed by atoms with Gasteiger partial charge in [-0.2, -0.15) is 0 Å². The van der Waals surface area contributed by atoms with Crippen LogP contribution in [-0.4, -0.2) is 36.1 Å². The van der Waals surface area contributed by atoms with Crippen LogP contribution in [0.3, 0.4) is 0 Å². The summed E-state index contributed by atoms with van der Waals surface area (Å²) in [5, 5.41) is 15.1. The van der Waals surface area contributed by atoms with Crippen LogP contribution in [-0.2, 0) is 14.4 Å². The van der Waals surface area contributed by atoms with Gasteiger partial charge in [0.25, 0.3) is 0 Å². The second-order valence-electron chi connectivity index (χ2n) is 9.84. The first kappa shape index (κ1) is 19.7. The Balaban J connectivity index is 1.54. The third-order valence-corrected chi connectivity index (χ3v) is 8.71. The molecule has 154 valence electrons. The fraction of sp³-hybridized carbons (Fsp3) is 0.739. The number of esters is 1. The van der Waals surface area contributed by atoms with Crippen molar-refractivity contribution in [1.29, 1.82) is 0 Å². The first-order valence-corrected chi connectivity index (χ1v) is 10.6. The van der Waals surface area contributed by atoms with E-state index in [9.17, 15) is 9.90 Å². The minimum atomic E-state index is -0.529. The van der Waals surface area contributed by atoms with Crippen LogP contribution in [0.25, 0.3) is 0 Å². The van der Waals surface area contributed by atoms with Gasteiger partial charge in [-0.3, -0.25) is 0 Å². The lowest BCUT2D eigenvalue weighted by molar-refractivity contribution is -0.145. The Morgan fingerprint density at radius 2 is 1.96 bits per heavy atom. The maximum Gasteiger partial charge on any atom is 0.346 e. The van der Waals surface area contributed by atoms with Crippen molar-refractivity contribution in [2.24, 2.45) is 33.7 Å². The summed E-state index contributed by atoms with van der Waals surface area (Å²) < 4.78 is 4.57. The van der Waals surface area contributed by atoms with Crippen molar-refractivity contribution < 1.29 is 19.5 Å². The molecule has 0 unspecified atom stereocenters. The highest BCUT2D eigenvalue weighted by molar-refractivity contribution is 6.05. The molecule has 0 radical (unpaired) electrons. The number of hydrogen-bond donors (Lipinski definition) is 1. The maximum atomic E-state index is 11.2. The summed E-state index contributed by atoms with van der Waals surface area (Å²) in [6.45, 7) is 6.59. The predicted molar refractivity (Wildman–Crippen MR) is 108 cm³/mol. The largest absolute Gasteiger partial charge is 0.466 e. The van der Waals surface area contributed by atoms with Crippen LogP contribution in [0.2, 0.25) is 0 Å². The fourth-order valence-electron chi connectivity index (χ4n) is 6.73. The van der Waals surface area contributed by atoms with E-state index in [-0.39, 0.29) is 17.4 Å². The van der Waals surface area contributed by atoms with E-state index in [1.54, 1.807) is 0 Å². The number of methoxy groups -OCH3 is 1. The molecular formula is C23H33NO4. The van der Waals surface area contributed by atoms with E-state index in [0.717, 1.165) is 37.8 Å². The quantitative estimate of drug-likeness (QED) is 0.587. The molecule has 6 atom stereocenters. The monoisotopic (exact) mass is 387 g/mol. The molecule has 0 aromatic carbocycles. The first-order chi connectivity index (χ1) is 13.2. The summed E-state index contributed by atoms with van der Waals surface area (Å²) in [5.41, 5.74) is 1.77. The number of carbonyl (C=O) groups excluding carboxylic acids is 1. The van der Waals surface area contributed by atoms with Gasteiger partial charge >= 0.3 is 5.97 Å². The normalized spacial score (nSPS) is 45.7. The Morgan fingerprint density at radius 1 is 1.21 bits per heavy atom. The van der Waals surface area contributed by atoms with E-state index in [4.69, 9.17) is 4.84 Å². The molecule has 3 saturated carbocycles. The molecular weight excluding hydrogens is 354 g/mol.